The average molecular weight is 630 g/mol. The predicted octanol–water partition coefficient (Wildman–Crippen LogP) is 5.98. The number of unbranched alkanes of at least 4 members (excludes halogenated alkanes) is 3. The monoisotopic (exact) mass is 629 g/mol. The van der Waals surface area contributed by atoms with Crippen LogP contribution in [0.15, 0.2) is 91.0 Å². The van der Waals surface area contributed by atoms with E-state index < -0.39 is 23.8 Å². The van der Waals surface area contributed by atoms with Gasteiger partial charge in [-0.2, -0.15) is 0 Å². The predicted molar refractivity (Wildman–Crippen MR) is 182 cm³/mol. The van der Waals surface area contributed by atoms with Gasteiger partial charge in [0.15, 0.2) is 0 Å². The topological polar surface area (TPSA) is 108 Å². The van der Waals surface area contributed by atoms with Crippen molar-refractivity contribution < 1.29 is 19.5 Å². The molecule has 0 spiro atoms. The molecule has 0 aliphatic heterocycles. The molecule has 0 bridgehead atoms. The molecule has 0 radical (unpaired) electrons. The number of nitrogens with one attached hydrogen (secondary N) is 3. The van der Waals surface area contributed by atoms with Crippen molar-refractivity contribution in [1.82, 2.24) is 16.0 Å². The van der Waals surface area contributed by atoms with Crippen LogP contribution in [-0.4, -0.2) is 54.8 Å². The normalized spacial score (nSPS) is 17.3. The smallest absolute Gasteiger partial charge is 0.307 e. The molecular formula is C37H47N3O4S. The summed E-state index contributed by atoms with van der Waals surface area (Å²) in [7, 11) is 1.73. The van der Waals surface area contributed by atoms with Gasteiger partial charge in [0.05, 0.1) is 16.6 Å². The first kappa shape index (κ1) is 34.3. The van der Waals surface area contributed by atoms with E-state index in [1.807, 2.05) is 11.8 Å². The maximum absolute atomic E-state index is 12.9. The number of carbonyl (C=O) groups excluding carboxylic acids is 2. The molecule has 240 valence electrons. The molecule has 0 saturated heterocycles. The van der Waals surface area contributed by atoms with Gasteiger partial charge in [-0.3, -0.25) is 14.4 Å². The van der Waals surface area contributed by atoms with Gasteiger partial charge in [-0.1, -0.05) is 117 Å². The Morgan fingerprint density at radius 1 is 0.778 bits per heavy atom. The van der Waals surface area contributed by atoms with E-state index in [0.717, 1.165) is 44.3 Å². The highest BCUT2D eigenvalue weighted by Gasteiger charge is 2.38. The molecule has 3 atom stereocenters. The van der Waals surface area contributed by atoms with E-state index in [9.17, 15) is 19.5 Å². The Balaban J connectivity index is 1.27. The van der Waals surface area contributed by atoms with Crippen molar-refractivity contribution in [1.29, 1.82) is 0 Å². The lowest BCUT2D eigenvalue weighted by atomic mass is 9.78. The molecule has 1 aliphatic rings. The largest absolute Gasteiger partial charge is 0.481 e. The number of likely N-dealkylation sites (N-methyl/N-ethyl adjacent to an activating group) is 1. The van der Waals surface area contributed by atoms with Crippen LogP contribution in [0.5, 0.6) is 0 Å². The van der Waals surface area contributed by atoms with E-state index >= 15 is 0 Å². The number of rotatable bonds is 17. The Labute approximate surface area is 272 Å². The molecule has 2 amide bonds. The van der Waals surface area contributed by atoms with Gasteiger partial charge in [0.2, 0.25) is 11.8 Å². The highest BCUT2D eigenvalue weighted by atomic mass is 32.2. The second-order valence-electron chi connectivity index (χ2n) is 11.8. The molecule has 0 aromatic heterocycles. The molecule has 8 heteroatoms. The fourth-order valence-electron chi connectivity index (χ4n) is 6.34. The van der Waals surface area contributed by atoms with Crippen LogP contribution in [-0.2, 0) is 19.1 Å². The first-order valence-corrected chi connectivity index (χ1v) is 17.2. The van der Waals surface area contributed by atoms with Crippen LogP contribution in [0.25, 0.3) is 0 Å². The minimum absolute atomic E-state index is 0.241. The lowest BCUT2D eigenvalue weighted by Gasteiger charge is -2.35. The molecular weight excluding hydrogens is 582 g/mol. The lowest BCUT2D eigenvalue weighted by molar-refractivity contribution is -0.149. The molecule has 7 nitrogen and oxygen atoms in total. The van der Waals surface area contributed by atoms with E-state index in [1.165, 1.54) is 16.7 Å². The number of carbonyl (C=O) groups is 3. The van der Waals surface area contributed by atoms with E-state index in [-0.39, 0.29) is 23.1 Å². The number of carboxylic acid groups (broad SMARTS) is 1. The number of thioether (sulfide) groups is 1. The summed E-state index contributed by atoms with van der Waals surface area (Å²) < 4.78 is -0.313. The van der Waals surface area contributed by atoms with Crippen molar-refractivity contribution in [2.24, 2.45) is 11.8 Å². The summed E-state index contributed by atoms with van der Waals surface area (Å²) in [5.74, 6) is -1.81. The summed E-state index contributed by atoms with van der Waals surface area (Å²) in [5.41, 5.74) is 3.79. The third-order valence-corrected chi connectivity index (χ3v) is 10.3. The van der Waals surface area contributed by atoms with Crippen LogP contribution in [0.3, 0.4) is 0 Å². The number of hydrogen-bond acceptors (Lipinski definition) is 5. The molecule has 3 aromatic carbocycles. The lowest BCUT2D eigenvalue weighted by Crippen LogP contribution is -2.54. The second kappa shape index (κ2) is 17.8. The Kier molecular flexibility index (Phi) is 13.5. The van der Waals surface area contributed by atoms with Crippen molar-refractivity contribution in [3.63, 3.8) is 0 Å². The zero-order valence-corrected chi connectivity index (χ0v) is 27.1. The van der Waals surface area contributed by atoms with Gasteiger partial charge in [0.1, 0.15) is 6.04 Å². The molecule has 4 rings (SSSR count). The van der Waals surface area contributed by atoms with Crippen molar-refractivity contribution in [3.05, 3.63) is 108 Å². The van der Waals surface area contributed by atoms with Gasteiger partial charge in [-0.15, -0.1) is 11.8 Å². The number of carboxylic acids is 1. The van der Waals surface area contributed by atoms with E-state index in [1.54, 1.807) is 7.05 Å². The summed E-state index contributed by atoms with van der Waals surface area (Å²) in [6, 6.07) is 31.4. The third kappa shape index (κ3) is 9.21. The van der Waals surface area contributed by atoms with Crippen molar-refractivity contribution in [2.45, 2.75) is 62.2 Å². The van der Waals surface area contributed by atoms with Gasteiger partial charge >= 0.3 is 5.97 Å². The Morgan fingerprint density at radius 2 is 1.29 bits per heavy atom. The zero-order chi connectivity index (χ0) is 31.9. The van der Waals surface area contributed by atoms with E-state index in [4.69, 9.17) is 0 Å². The van der Waals surface area contributed by atoms with Crippen LogP contribution < -0.4 is 16.0 Å². The number of aliphatic carboxylic acids is 1. The SMILES string of the molecule is CNC[C@H](NC(=O)[C@@H]1CCCC[C@@H]1C(=O)O)C(=O)NCCCCCCSC(c1ccccc1)(c1ccccc1)c1ccccc1. The van der Waals surface area contributed by atoms with Gasteiger partial charge in [0, 0.05) is 13.1 Å². The van der Waals surface area contributed by atoms with E-state index in [2.05, 4.69) is 107 Å². The Hall–Kier alpha value is -3.62. The van der Waals surface area contributed by atoms with E-state index in [0.29, 0.717) is 19.4 Å². The summed E-state index contributed by atoms with van der Waals surface area (Å²) >= 11 is 1.97. The first-order valence-electron chi connectivity index (χ1n) is 16.2. The Morgan fingerprint density at radius 3 is 1.80 bits per heavy atom. The molecule has 0 unspecified atom stereocenters. The van der Waals surface area contributed by atoms with Gasteiger partial charge < -0.3 is 21.1 Å². The zero-order valence-electron chi connectivity index (χ0n) is 26.3. The van der Waals surface area contributed by atoms with Crippen LogP contribution in [0.4, 0.5) is 0 Å². The summed E-state index contributed by atoms with van der Waals surface area (Å²) in [4.78, 5) is 37.5. The van der Waals surface area contributed by atoms with Crippen molar-refractivity contribution in [3.8, 4) is 0 Å². The number of benzene rings is 3. The first-order chi connectivity index (χ1) is 22.0. The standard InChI is InChI=1S/C37H47N3O4S/c1-38-27-33(40-34(41)31-23-13-14-24-32(31)36(43)44)35(42)39-25-15-2-3-16-26-45-37(28-17-7-4-8-18-28,29-19-9-5-10-20-29)30-21-11-6-12-22-30/h4-12,17-22,31-33,38H,2-3,13-16,23-27H2,1H3,(H,39,42)(H,40,41)(H,43,44)/t31-,32+,33+/m1/s1. The molecule has 0 heterocycles. The second-order valence-corrected chi connectivity index (χ2v) is 13.1. The van der Waals surface area contributed by atoms with Crippen LogP contribution in [0.1, 0.15) is 68.1 Å². The van der Waals surface area contributed by atoms with Crippen LogP contribution >= 0.6 is 11.8 Å². The van der Waals surface area contributed by atoms with Gasteiger partial charge in [-0.25, -0.2) is 0 Å². The molecule has 3 aromatic rings. The highest BCUT2D eigenvalue weighted by molar-refractivity contribution is 8.00. The van der Waals surface area contributed by atoms with Crippen molar-refractivity contribution in [2.75, 3.05) is 25.9 Å². The number of amides is 2. The van der Waals surface area contributed by atoms with Gasteiger partial charge in [0.25, 0.3) is 0 Å². The molecule has 4 N–H and O–H groups in total. The molecule has 1 aliphatic carbocycles. The van der Waals surface area contributed by atoms with Crippen LogP contribution in [0.2, 0.25) is 0 Å². The fraction of sp³-hybridized carbons (Fsp3) is 0.432. The fourth-order valence-corrected chi connectivity index (χ4v) is 7.90. The van der Waals surface area contributed by atoms with Crippen molar-refractivity contribution >= 4 is 29.5 Å². The minimum Gasteiger partial charge on any atom is -0.481 e. The van der Waals surface area contributed by atoms with Crippen LogP contribution in [0, 0.1) is 11.8 Å². The summed E-state index contributed by atoms with van der Waals surface area (Å²) in [6.07, 6.45) is 6.62. The van der Waals surface area contributed by atoms with Gasteiger partial charge in [-0.05, 0) is 55.2 Å². The third-order valence-electron chi connectivity index (χ3n) is 8.69. The summed E-state index contributed by atoms with van der Waals surface area (Å²) in [6.45, 7) is 0.816. The maximum atomic E-state index is 12.9. The molecule has 1 saturated carbocycles. The Bertz CT molecular complexity index is 1240. The quantitative estimate of drug-likeness (QED) is 0.108. The average Bonchev–Trinajstić information content (AvgIpc) is 3.08. The molecule has 1 fully saturated rings. The minimum atomic E-state index is -0.936. The maximum Gasteiger partial charge on any atom is 0.307 e. The highest BCUT2D eigenvalue weighted by Crippen LogP contribution is 2.48. The number of hydrogen-bond donors (Lipinski definition) is 4. The molecule has 45 heavy (non-hydrogen) atoms. The summed E-state index contributed by atoms with van der Waals surface area (Å²) in [5, 5.41) is 18.3.